The molecule has 230 valence electrons. The van der Waals surface area contributed by atoms with E-state index < -0.39 is 69.8 Å². The van der Waals surface area contributed by atoms with Gasteiger partial charge in [0.25, 0.3) is 0 Å². The van der Waals surface area contributed by atoms with Crippen molar-refractivity contribution in [2.24, 2.45) is 11.3 Å². The zero-order valence-corrected chi connectivity index (χ0v) is 23.6. The van der Waals surface area contributed by atoms with Crippen LogP contribution >= 0.6 is 0 Å². The predicted octanol–water partition coefficient (Wildman–Crippen LogP) is 3.93. The van der Waals surface area contributed by atoms with Gasteiger partial charge >= 0.3 is 18.3 Å². The van der Waals surface area contributed by atoms with Gasteiger partial charge in [0.15, 0.2) is 0 Å². The fourth-order valence-electron chi connectivity index (χ4n) is 6.18. The van der Waals surface area contributed by atoms with Crippen LogP contribution in [-0.2, 0) is 37.1 Å². The second-order valence-corrected chi connectivity index (χ2v) is 13.1. The second kappa shape index (κ2) is 10.9. The van der Waals surface area contributed by atoms with E-state index in [4.69, 9.17) is 4.74 Å². The molecule has 3 aliphatic rings. The van der Waals surface area contributed by atoms with Crippen LogP contribution in [0.15, 0.2) is 12.3 Å². The number of anilines is 1. The maximum absolute atomic E-state index is 14.2. The zero-order valence-electron chi connectivity index (χ0n) is 22.8. The Bertz CT molecular complexity index is 1280. The SMILES string of the molecule is CC(C)[C@]1(C(=O)N2Cc3cc(C(F)(F)F)cnc3N(S(C)(=O)=O)C2)CC[C@@H](N(C(=O)C(F)(F)F)C2CCOCC2)C1. The van der Waals surface area contributed by atoms with Gasteiger partial charge in [-0.1, -0.05) is 13.8 Å². The third kappa shape index (κ3) is 6.13. The summed E-state index contributed by atoms with van der Waals surface area (Å²) in [5, 5.41) is 0. The molecule has 0 bridgehead atoms. The number of sulfonamides is 1. The largest absolute Gasteiger partial charge is 0.471 e. The number of nitrogens with zero attached hydrogens (tertiary/aromatic N) is 4. The molecular formula is C25H32F6N4O5S. The van der Waals surface area contributed by atoms with Crippen molar-refractivity contribution in [2.45, 2.75) is 76.9 Å². The molecule has 2 amide bonds. The van der Waals surface area contributed by atoms with Gasteiger partial charge in [-0.3, -0.25) is 9.59 Å². The van der Waals surface area contributed by atoms with Gasteiger partial charge in [0.1, 0.15) is 12.5 Å². The molecule has 1 aliphatic carbocycles. The smallest absolute Gasteiger partial charge is 0.381 e. The van der Waals surface area contributed by atoms with Crippen LogP contribution in [0.25, 0.3) is 0 Å². The van der Waals surface area contributed by atoms with E-state index in [0.717, 1.165) is 26.4 Å². The van der Waals surface area contributed by atoms with E-state index in [2.05, 4.69) is 4.98 Å². The predicted molar refractivity (Wildman–Crippen MR) is 134 cm³/mol. The highest BCUT2D eigenvalue weighted by Crippen LogP contribution is 2.49. The number of halogens is 6. The summed E-state index contributed by atoms with van der Waals surface area (Å²) >= 11 is 0. The Morgan fingerprint density at radius 3 is 2.27 bits per heavy atom. The Balaban J connectivity index is 1.68. The van der Waals surface area contributed by atoms with Gasteiger partial charge in [-0.15, -0.1) is 0 Å². The molecule has 0 aromatic carbocycles. The molecule has 2 atom stereocenters. The third-order valence-electron chi connectivity index (χ3n) is 8.36. The number of rotatable bonds is 5. The summed E-state index contributed by atoms with van der Waals surface area (Å²) < 4.78 is 112. The number of fused-ring (bicyclic) bond motifs is 1. The van der Waals surface area contributed by atoms with Crippen LogP contribution in [0, 0.1) is 11.3 Å². The highest BCUT2D eigenvalue weighted by molar-refractivity contribution is 7.92. The topological polar surface area (TPSA) is 100 Å². The van der Waals surface area contributed by atoms with Crippen molar-refractivity contribution < 1.29 is 49.1 Å². The van der Waals surface area contributed by atoms with Crippen molar-refractivity contribution in [1.82, 2.24) is 14.8 Å². The Kier molecular flexibility index (Phi) is 8.32. The Labute approximate surface area is 233 Å². The minimum atomic E-state index is -5.12. The van der Waals surface area contributed by atoms with Crippen LogP contribution in [0.3, 0.4) is 0 Å². The Hall–Kier alpha value is -2.62. The normalized spacial score (nSPS) is 24.5. The zero-order chi connectivity index (χ0) is 30.5. The molecule has 1 aromatic rings. The molecule has 0 unspecified atom stereocenters. The van der Waals surface area contributed by atoms with Crippen LogP contribution in [0.4, 0.5) is 32.2 Å². The maximum Gasteiger partial charge on any atom is 0.471 e. The highest BCUT2D eigenvalue weighted by atomic mass is 32.2. The number of hydrogen-bond donors (Lipinski definition) is 0. The van der Waals surface area contributed by atoms with E-state index in [0.29, 0.717) is 6.20 Å². The first-order valence-corrected chi connectivity index (χ1v) is 15.0. The number of carbonyl (C=O) groups is 2. The monoisotopic (exact) mass is 614 g/mol. The van der Waals surface area contributed by atoms with Crippen LogP contribution in [0.5, 0.6) is 0 Å². The van der Waals surface area contributed by atoms with Crippen molar-refractivity contribution in [3.63, 3.8) is 0 Å². The lowest BCUT2D eigenvalue weighted by Gasteiger charge is -2.43. The molecule has 1 saturated heterocycles. The van der Waals surface area contributed by atoms with Crippen molar-refractivity contribution in [1.29, 1.82) is 0 Å². The van der Waals surface area contributed by atoms with Crippen LogP contribution < -0.4 is 4.31 Å². The fourth-order valence-corrected chi connectivity index (χ4v) is 7.01. The average Bonchev–Trinajstić information content (AvgIpc) is 3.32. The van der Waals surface area contributed by atoms with Gasteiger partial charge in [0, 0.05) is 37.1 Å². The van der Waals surface area contributed by atoms with E-state index in [9.17, 15) is 44.3 Å². The number of alkyl halides is 6. The molecule has 3 heterocycles. The van der Waals surface area contributed by atoms with Gasteiger partial charge in [-0.2, -0.15) is 26.3 Å². The number of carbonyl (C=O) groups excluding carboxylic acids is 2. The molecular weight excluding hydrogens is 582 g/mol. The Morgan fingerprint density at radius 1 is 1.10 bits per heavy atom. The quantitative estimate of drug-likeness (QED) is 0.467. The highest BCUT2D eigenvalue weighted by Gasteiger charge is 2.55. The number of ether oxygens (including phenoxy) is 1. The molecule has 16 heteroatoms. The van der Waals surface area contributed by atoms with Gasteiger partial charge < -0.3 is 14.5 Å². The van der Waals surface area contributed by atoms with Gasteiger partial charge in [0.2, 0.25) is 15.9 Å². The molecule has 4 rings (SSSR count). The maximum atomic E-state index is 14.2. The first-order chi connectivity index (χ1) is 18.9. The molecule has 1 aromatic heterocycles. The van der Waals surface area contributed by atoms with Crippen LogP contribution in [0.2, 0.25) is 0 Å². The number of hydrogen-bond acceptors (Lipinski definition) is 6. The lowest BCUT2D eigenvalue weighted by Crippen LogP contribution is -2.55. The van der Waals surface area contributed by atoms with E-state index >= 15 is 0 Å². The van der Waals surface area contributed by atoms with Crippen molar-refractivity contribution in [3.05, 3.63) is 23.4 Å². The minimum Gasteiger partial charge on any atom is -0.381 e. The standard InChI is InChI=1S/C25H32F6N4O5S/c1-15(2)23(7-4-19(11-23)35(22(37)25(29,30)31)18-5-8-40-9-6-18)21(36)33-13-16-10-17(24(26,27)28)12-32-20(16)34(14-33)41(3,38)39/h10,12,15,18-19H,4-9,11,13-14H2,1-3H3/t19-,23+/m1/s1. The van der Waals surface area contributed by atoms with Crippen molar-refractivity contribution in [3.8, 4) is 0 Å². The molecule has 9 nitrogen and oxygen atoms in total. The summed E-state index contributed by atoms with van der Waals surface area (Å²) in [7, 11) is -4.08. The molecule has 0 radical (unpaired) electrons. The fraction of sp³-hybridized carbons (Fsp3) is 0.720. The van der Waals surface area contributed by atoms with Gasteiger partial charge in [-0.05, 0) is 44.1 Å². The first kappa shape index (κ1) is 31.3. The summed E-state index contributed by atoms with van der Waals surface area (Å²) in [5.74, 6) is -3.25. The summed E-state index contributed by atoms with van der Waals surface area (Å²) in [4.78, 5) is 32.4. The minimum absolute atomic E-state index is 0.100. The first-order valence-electron chi connectivity index (χ1n) is 13.2. The van der Waals surface area contributed by atoms with Crippen molar-refractivity contribution in [2.75, 3.05) is 30.4 Å². The summed E-state index contributed by atoms with van der Waals surface area (Å²) in [5.41, 5.74) is -2.53. The van der Waals surface area contributed by atoms with E-state index in [1.807, 2.05) is 0 Å². The molecule has 0 spiro atoms. The number of aromatic nitrogens is 1. The third-order valence-corrected chi connectivity index (χ3v) is 9.45. The van der Waals surface area contributed by atoms with Gasteiger partial charge in [0.05, 0.1) is 23.8 Å². The summed E-state index contributed by atoms with van der Waals surface area (Å²) in [6.45, 7) is 2.90. The summed E-state index contributed by atoms with van der Waals surface area (Å²) in [6, 6.07) is -0.899. The number of amides is 2. The van der Waals surface area contributed by atoms with Crippen molar-refractivity contribution >= 4 is 27.7 Å². The van der Waals surface area contributed by atoms with E-state index in [-0.39, 0.29) is 63.2 Å². The number of pyridine rings is 1. The lowest BCUT2D eigenvalue weighted by molar-refractivity contribution is -0.192. The molecule has 0 N–H and O–H groups in total. The Morgan fingerprint density at radius 2 is 1.73 bits per heavy atom. The lowest BCUT2D eigenvalue weighted by atomic mass is 9.74. The van der Waals surface area contributed by atoms with E-state index in [1.54, 1.807) is 13.8 Å². The average molecular weight is 615 g/mol. The molecule has 2 fully saturated rings. The van der Waals surface area contributed by atoms with E-state index in [1.165, 1.54) is 0 Å². The van der Waals surface area contributed by atoms with Gasteiger partial charge in [-0.25, -0.2) is 17.7 Å². The second-order valence-electron chi connectivity index (χ2n) is 11.2. The van der Waals surface area contributed by atoms with Crippen LogP contribution in [-0.4, -0.2) is 79.4 Å². The molecule has 1 saturated carbocycles. The molecule has 2 aliphatic heterocycles. The molecule has 41 heavy (non-hydrogen) atoms. The van der Waals surface area contributed by atoms with Crippen LogP contribution in [0.1, 0.15) is 57.1 Å². The summed E-state index contributed by atoms with van der Waals surface area (Å²) in [6.07, 6.45) is -8.00.